The van der Waals surface area contributed by atoms with Crippen molar-refractivity contribution in [2.24, 2.45) is 17.3 Å². The molecule has 0 aliphatic heterocycles. The number of likely N-dealkylation sites (N-methyl/N-ethyl adjacent to an activating group) is 1. The molecule has 0 saturated heterocycles. The number of aliphatic hydroxyl groups is 2. The van der Waals surface area contributed by atoms with Crippen molar-refractivity contribution in [3.63, 3.8) is 0 Å². The van der Waals surface area contributed by atoms with E-state index in [1.165, 1.54) is 22.3 Å². The third-order valence-corrected chi connectivity index (χ3v) is 9.54. The lowest BCUT2D eigenvalue weighted by molar-refractivity contribution is -0.114. The summed E-state index contributed by atoms with van der Waals surface area (Å²) >= 11 is 0. The van der Waals surface area contributed by atoms with E-state index >= 15 is 0 Å². The number of rotatable bonds is 7. The van der Waals surface area contributed by atoms with Crippen LogP contribution in [-0.2, 0) is 4.79 Å². The standard InChI is InChI=1S/C31H41NO4/c1-30-20-27(21-5-9-24(10-6-21)36-18-16-32(2)3)29-25-12-8-23(34)19-22(25)7-11-26(29)28(30)13-15-31(30,35)14-4-17-33/h4-6,9-10,14,19,26-28,33,35H,7-8,11-13,15-18,20H2,1-3H3/b14-4+/t26-,27+,28-,30-,31-/m0/s1. The normalized spacial score (nSPS) is 34.0. The maximum atomic E-state index is 12.2. The van der Waals surface area contributed by atoms with Crippen molar-refractivity contribution in [1.82, 2.24) is 4.90 Å². The van der Waals surface area contributed by atoms with Crippen LogP contribution in [-0.4, -0.2) is 60.4 Å². The molecule has 0 spiro atoms. The van der Waals surface area contributed by atoms with E-state index in [0.717, 1.165) is 50.8 Å². The molecular formula is C31H41NO4. The number of fused-ring (bicyclic) bond motifs is 4. The highest BCUT2D eigenvalue weighted by molar-refractivity contribution is 5.93. The van der Waals surface area contributed by atoms with E-state index in [1.54, 1.807) is 6.08 Å². The molecule has 2 fully saturated rings. The van der Waals surface area contributed by atoms with Gasteiger partial charge in [0.1, 0.15) is 12.4 Å². The van der Waals surface area contributed by atoms with Crippen LogP contribution in [0.25, 0.3) is 0 Å². The minimum atomic E-state index is -0.914. The van der Waals surface area contributed by atoms with Crippen LogP contribution in [0.4, 0.5) is 0 Å². The first kappa shape index (κ1) is 25.4. The molecule has 0 bridgehead atoms. The highest BCUT2D eigenvalue weighted by atomic mass is 16.5. The zero-order valence-electron chi connectivity index (χ0n) is 22.0. The van der Waals surface area contributed by atoms with E-state index in [0.29, 0.717) is 24.9 Å². The Morgan fingerprint density at radius 2 is 1.92 bits per heavy atom. The van der Waals surface area contributed by atoms with Gasteiger partial charge in [-0.2, -0.15) is 0 Å². The number of carbonyl (C=O) groups excluding carboxylic acids is 1. The Balaban J connectivity index is 1.54. The number of benzene rings is 1. The molecule has 0 amide bonds. The molecule has 2 saturated carbocycles. The lowest BCUT2D eigenvalue weighted by atomic mass is 9.51. The fourth-order valence-corrected chi connectivity index (χ4v) is 7.66. The topological polar surface area (TPSA) is 70.0 Å². The van der Waals surface area contributed by atoms with Crippen molar-refractivity contribution in [1.29, 1.82) is 0 Å². The predicted molar refractivity (Wildman–Crippen MR) is 142 cm³/mol. The summed E-state index contributed by atoms with van der Waals surface area (Å²) in [5.74, 6) is 2.16. The van der Waals surface area contributed by atoms with Crippen LogP contribution in [0.15, 0.2) is 59.2 Å². The molecule has 194 valence electrons. The molecule has 5 nitrogen and oxygen atoms in total. The number of carbonyl (C=O) groups is 1. The molecule has 0 aromatic heterocycles. The summed E-state index contributed by atoms with van der Waals surface area (Å²) < 4.78 is 5.96. The second kappa shape index (κ2) is 9.92. The average molecular weight is 492 g/mol. The molecule has 5 rings (SSSR count). The number of nitrogens with zero attached hydrogens (tertiary/aromatic N) is 1. The van der Waals surface area contributed by atoms with Crippen molar-refractivity contribution >= 4 is 5.78 Å². The van der Waals surface area contributed by atoms with Crippen molar-refractivity contribution in [3.05, 3.63) is 64.8 Å². The van der Waals surface area contributed by atoms with Gasteiger partial charge >= 0.3 is 0 Å². The third kappa shape index (κ3) is 4.40. The Morgan fingerprint density at radius 3 is 2.64 bits per heavy atom. The molecule has 2 N–H and O–H groups in total. The Hall–Kier alpha value is -2.21. The van der Waals surface area contributed by atoms with Crippen LogP contribution in [0.5, 0.6) is 5.75 Å². The van der Waals surface area contributed by atoms with E-state index in [-0.39, 0.29) is 23.7 Å². The van der Waals surface area contributed by atoms with Crippen LogP contribution < -0.4 is 4.74 Å². The summed E-state index contributed by atoms with van der Waals surface area (Å²) in [6, 6.07) is 8.56. The Labute approximate surface area is 215 Å². The van der Waals surface area contributed by atoms with Gasteiger partial charge in [0, 0.05) is 24.3 Å². The maximum Gasteiger partial charge on any atom is 0.156 e. The van der Waals surface area contributed by atoms with Crippen LogP contribution in [0.2, 0.25) is 0 Å². The molecule has 1 aromatic rings. The fourth-order valence-electron chi connectivity index (χ4n) is 7.66. The van der Waals surface area contributed by atoms with Gasteiger partial charge in [0.25, 0.3) is 0 Å². The first-order valence-corrected chi connectivity index (χ1v) is 13.6. The Kier molecular flexibility index (Phi) is 7.01. The summed E-state index contributed by atoms with van der Waals surface area (Å²) in [5, 5.41) is 21.3. The zero-order valence-corrected chi connectivity index (χ0v) is 22.0. The molecule has 0 heterocycles. The number of aliphatic hydroxyl groups excluding tert-OH is 1. The number of ether oxygens (including phenoxy) is 1. The molecule has 1 aromatic carbocycles. The van der Waals surface area contributed by atoms with Crippen LogP contribution >= 0.6 is 0 Å². The summed E-state index contributed by atoms with van der Waals surface area (Å²) in [4.78, 5) is 14.3. The fraction of sp³-hybridized carbons (Fsp3) is 0.581. The highest BCUT2D eigenvalue weighted by Crippen LogP contribution is 2.67. The molecule has 0 radical (unpaired) electrons. The summed E-state index contributed by atoms with van der Waals surface area (Å²) in [7, 11) is 4.08. The van der Waals surface area contributed by atoms with Crippen molar-refractivity contribution in [2.75, 3.05) is 33.9 Å². The van der Waals surface area contributed by atoms with E-state index < -0.39 is 5.60 Å². The van der Waals surface area contributed by atoms with Crippen molar-refractivity contribution in [2.45, 2.75) is 63.4 Å². The summed E-state index contributed by atoms with van der Waals surface area (Å²) in [6.07, 6.45) is 11.5. The smallest absolute Gasteiger partial charge is 0.156 e. The van der Waals surface area contributed by atoms with Crippen LogP contribution in [0, 0.1) is 17.3 Å². The monoisotopic (exact) mass is 491 g/mol. The lowest BCUT2D eigenvalue weighted by Gasteiger charge is -2.54. The molecule has 4 aliphatic rings. The van der Waals surface area contributed by atoms with Gasteiger partial charge in [0.2, 0.25) is 0 Å². The van der Waals surface area contributed by atoms with Gasteiger partial charge in [-0.25, -0.2) is 0 Å². The molecule has 5 atom stereocenters. The highest BCUT2D eigenvalue weighted by Gasteiger charge is 2.61. The number of allylic oxidation sites excluding steroid dienone is 4. The van der Waals surface area contributed by atoms with Gasteiger partial charge in [-0.1, -0.05) is 36.8 Å². The van der Waals surface area contributed by atoms with E-state index in [4.69, 9.17) is 4.74 Å². The minimum absolute atomic E-state index is 0.0529. The molecule has 5 heteroatoms. The van der Waals surface area contributed by atoms with Gasteiger partial charge < -0.3 is 19.8 Å². The number of hydrogen-bond donors (Lipinski definition) is 2. The Bertz CT molecular complexity index is 1080. The summed E-state index contributed by atoms with van der Waals surface area (Å²) in [5.41, 5.74) is 4.28. The van der Waals surface area contributed by atoms with Crippen molar-refractivity contribution < 1.29 is 19.7 Å². The van der Waals surface area contributed by atoms with Gasteiger partial charge in [-0.3, -0.25) is 4.79 Å². The van der Waals surface area contributed by atoms with Crippen molar-refractivity contribution in [3.8, 4) is 5.75 Å². The minimum Gasteiger partial charge on any atom is -0.492 e. The molecule has 0 unspecified atom stereocenters. The molecule has 4 aliphatic carbocycles. The first-order chi connectivity index (χ1) is 17.3. The second-order valence-corrected chi connectivity index (χ2v) is 11.8. The van der Waals surface area contributed by atoms with E-state index in [2.05, 4.69) is 36.1 Å². The number of ketones is 1. The first-order valence-electron chi connectivity index (χ1n) is 13.6. The molecular weight excluding hydrogens is 450 g/mol. The maximum absolute atomic E-state index is 12.2. The van der Waals surface area contributed by atoms with Crippen LogP contribution in [0.1, 0.15) is 63.4 Å². The van der Waals surface area contributed by atoms with Gasteiger partial charge in [0.05, 0.1) is 12.2 Å². The molecule has 36 heavy (non-hydrogen) atoms. The second-order valence-electron chi connectivity index (χ2n) is 11.8. The zero-order chi connectivity index (χ0) is 25.5. The van der Waals surface area contributed by atoms with Crippen LogP contribution in [0.3, 0.4) is 0 Å². The lowest BCUT2D eigenvalue weighted by Crippen LogP contribution is -2.50. The summed E-state index contributed by atoms with van der Waals surface area (Å²) in [6.45, 7) is 3.74. The Morgan fingerprint density at radius 1 is 1.14 bits per heavy atom. The quantitative estimate of drug-likeness (QED) is 0.536. The van der Waals surface area contributed by atoms with Gasteiger partial charge in [0.15, 0.2) is 5.78 Å². The van der Waals surface area contributed by atoms with E-state index in [1.807, 2.05) is 26.2 Å². The number of hydrogen-bond acceptors (Lipinski definition) is 5. The van der Waals surface area contributed by atoms with Gasteiger partial charge in [-0.15, -0.1) is 0 Å². The average Bonchev–Trinajstić information content (AvgIpc) is 3.12. The SMILES string of the molecule is CN(C)CCOc1ccc([C@H]2C[C@@]3(C)[C@@H](CC[C@@]3(O)/C=C/CO)[C@@H]3CCC4=CC(=O)CCC4=C32)cc1. The largest absolute Gasteiger partial charge is 0.492 e. The predicted octanol–water partition coefficient (Wildman–Crippen LogP) is 4.81. The van der Waals surface area contributed by atoms with E-state index in [9.17, 15) is 15.0 Å². The van der Waals surface area contributed by atoms with Gasteiger partial charge in [-0.05, 0) is 99.4 Å². The third-order valence-electron chi connectivity index (χ3n) is 9.54.